The molecule has 0 bridgehead atoms. The number of thiophene rings is 1. The van der Waals surface area contributed by atoms with Gasteiger partial charge in [0.25, 0.3) is 0 Å². The maximum absolute atomic E-state index is 6.00. The molecule has 13 heavy (non-hydrogen) atoms. The lowest BCUT2D eigenvalue weighted by Crippen LogP contribution is -2.10. The molecule has 1 heterocycles. The Kier molecular flexibility index (Phi) is 4.38. The number of aryl methyl sites for hydroxylation is 1. The van der Waals surface area contributed by atoms with Gasteiger partial charge in [0.15, 0.2) is 0 Å². The van der Waals surface area contributed by atoms with E-state index in [2.05, 4.69) is 28.9 Å². The van der Waals surface area contributed by atoms with Gasteiger partial charge in [-0.15, -0.1) is 11.3 Å². The first-order valence-corrected chi connectivity index (χ1v) is 5.97. The van der Waals surface area contributed by atoms with Crippen molar-refractivity contribution < 1.29 is 0 Å². The van der Waals surface area contributed by atoms with E-state index in [1.807, 2.05) is 0 Å². The van der Waals surface area contributed by atoms with E-state index in [9.17, 15) is 0 Å². The average Bonchev–Trinajstić information content (AvgIpc) is 2.43. The van der Waals surface area contributed by atoms with Crippen molar-refractivity contribution in [3.63, 3.8) is 0 Å². The summed E-state index contributed by atoms with van der Waals surface area (Å²) in [4.78, 5) is 1.25. The number of hydrogen-bond donors (Lipinski definition) is 2. The molecule has 1 atom stereocenters. The van der Waals surface area contributed by atoms with Crippen LogP contribution in [0.1, 0.15) is 29.3 Å². The van der Waals surface area contributed by atoms with Crippen molar-refractivity contribution in [1.29, 1.82) is 0 Å². The minimum Gasteiger partial charge on any atom is -0.330 e. The fourth-order valence-electron chi connectivity index (χ4n) is 1.15. The van der Waals surface area contributed by atoms with E-state index in [1.165, 1.54) is 14.2 Å². The van der Waals surface area contributed by atoms with Gasteiger partial charge in [-0.25, -0.2) is 0 Å². The molecule has 0 aliphatic rings. The summed E-state index contributed by atoms with van der Waals surface area (Å²) < 4.78 is 1.19. The van der Waals surface area contributed by atoms with Crippen LogP contribution in [-0.2, 0) is 0 Å². The highest BCUT2D eigenvalue weighted by Crippen LogP contribution is 2.31. The fourth-order valence-corrected chi connectivity index (χ4v) is 2.75. The van der Waals surface area contributed by atoms with Crippen LogP contribution < -0.4 is 11.5 Å². The van der Waals surface area contributed by atoms with Crippen molar-refractivity contribution in [3.05, 3.63) is 20.3 Å². The molecule has 1 rings (SSSR count). The zero-order valence-electron chi connectivity index (χ0n) is 7.72. The van der Waals surface area contributed by atoms with Gasteiger partial charge in [-0.2, -0.15) is 0 Å². The Balaban J connectivity index is 2.60. The SMILES string of the molecule is Cc1cc([C@H](N)CCCN)sc1Br. The second-order valence-corrected chi connectivity index (χ2v) is 5.54. The highest BCUT2D eigenvalue weighted by Gasteiger charge is 2.09. The quantitative estimate of drug-likeness (QED) is 0.877. The summed E-state index contributed by atoms with van der Waals surface area (Å²) in [6, 6.07) is 2.30. The van der Waals surface area contributed by atoms with Crippen molar-refractivity contribution in [2.45, 2.75) is 25.8 Å². The molecule has 0 aliphatic heterocycles. The molecule has 0 saturated heterocycles. The summed E-state index contributed by atoms with van der Waals surface area (Å²) >= 11 is 5.21. The molecule has 0 aromatic carbocycles. The molecule has 0 radical (unpaired) electrons. The second kappa shape index (κ2) is 5.10. The van der Waals surface area contributed by atoms with E-state index in [0.29, 0.717) is 0 Å². The maximum atomic E-state index is 6.00. The molecule has 0 aliphatic carbocycles. The molecule has 0 spiro atoms. The predicted molar refractivity (Wildman–Crippen MR) is 62.0 cm³/mol. The summed E-state index contributed by atoms with van der Waals surface area (Å²) in [6.45, 7) is 2.80. The molecule has 1 aromatic rings. The monoisotopic (exact) mass is 262 g/mol. The lowest BCUT2D eigenvalue weighted by molar-refractivity contribution is 0.626. The Hall–Kier alpha value is 0.100. The molecule has 2 nitrogen and oxygen atoms in total. The van der Waals surface area contributed by atoms with Gasteiger partial charge >= 0.3 is 0 Å². The molecule has 0 saturated carbocycles. The van der Waals surface area contributed by atoms with E-state index >= 15 is 0 Å². The van der Waals surface area contributed by atoms with Crippen LogP contribution in [0.3, 0.4) is 0 Å². The summed E-state index contributed by atoms with van der Waals surface area (Å²) in [5, 5.41) is 0. The zero-order valence-corrected chi connectivity index (χ0v) is 10.1. The normalized spacial score (nSPS) is 13.2. The van der Waals surface area contributed by atoms with E-state index in [0.717, 1.165) is 19.4 Å². The molecule has 0 unspecified atom stereocenters. The average molecular weight is 263 g/mol. The third kappa shape index (κ3) is 3.06. The van der Waals surface area contributed by atoms with Crippen molar-refractivity contribution in [2.24, 2.45) is 11.5 Å². The molecule has 0 amide bonds. The molecule has 74 valence electrons. The van der Waals surface area contributed by atoms with Crippen LogP contribution in [0.5, 0.6) is 0 Å². The lowest BCUT2D eigenvalue weighted by Gasteiger charge is -2.07. The van der Waals surface area contributed by atoms with Crippen molar-refractivity contribution in [1.82, 2.24) is 0 Å². The lowest BCUT2D eigenvalue weighted by atomic mass is 10.1. The summed E-state index contributed by atoms with van der Waals surface area (Å²) in [6.07, 6.45) is 1.97. The molecule has 4 heteroatoms. The minimum absolute atomic E-state index is 0.151. The predicted octanol–water partition coefficient (Wildman–Crippen LogP) is 2.56. The van der Waals surface area contributed by atoms with Crippen molar-refractivity contribution in [3.8, 4) is 0 Å². The number of rotatable bonds is 4. The largest absolute Gasteiger partial charge is 0.330 e. The van der Waals surface area contributed by atoms with Gasteiger partial charge in [-0.3, -0.25) is 0 Å². The van der Waals surface area contributed by atoms with E-state index in [4.69, 9.17) is 11.5 Å². The highest BCUT2D eigenvalue weighted by molar-refractivity contribution is 9.11. The number of hydrogen-bond acceptors (Lipinski definition) is 3. The standard InChI is InChI=1S/C9H15BrN2S/c1-6-5-8(13-9(6)10)7(12)3-2-4-11/h5,7H,2-4,11-12H2,1H3/t7-/m1/s1. The minimum atomic E-state index is 0.151. The second-order valence-electron chi connectivity index (χ2n) is 3.14. The van der Waals surface area contributed by atoms with Crippen LogP contribution in [0.2, 0.25) is 0 Å². The van der Waals surface area contributed by atoms with Gasteiger partial charge in [0, 0.05) is 10.9 Å². The zero-order chi connectivity index (χ0) is 9.84. The van der Waals surface area contributed by atoms with Gasteiger partial charge in [-0.05, 0) is 53.9 Å². The van der Waals surface area contributed by atoms with Gasteiger partial charge in [0.05, 0.1) is 3.79 Å². The molecule has 1 aromatic heterocycles. The Bertz CT molecular complexity index is 253. The van der Waals surface area contributed by atoms with Gasteiger partial charge in [0.1, 0.15) is 0 Å². The van der Waals surface area contributed by atoms with Crippen molar-refractivity contribution in [2.75, 3.05) is 6.54 Å². The van der Waals surface area contributed by atoms with Gasteiger partial charge < -0.3 is 11.5 Å². The molecule has 4 N–H and O–H groups in total. The first-order chi connectivity index (χ1) is 6.15. The third-order valence-electron chi connectivity index (χ3n) is 1.96. The Morgan fingerprint density at radius 2 is 2.31 bits per heavy atom. The van der Waals surface area contributed by atoms with Crippen LogP contribution in [0.15, 0.2) is 9.85 Å². The molecular formula is C9H15BrN2S. The smallest absolute Gasteiger partial charge is 0.0731 e. The van der Waals surface area contributed by atoms with Crippen LogP contribution in [-0.4, -0.2) is 6.54 Å². The number of halogens is 1. The van der Waals surface area contributed by atoms with Gasteiger partial charge in [-0.1, -0.05) is 0 Å². The Labute approximate surface area is 91.4 Å². The van der Waals surface area contributed by atoms with E-state index in [-0.39, 0.29) is 6.04 Å². The third-order valence-corrected chi connectivity index (χ3v) is 4.23. The molecule has 0 fully saturated rings. The molecular weight excluding hydrogens is 248 g/mol. The van der Waals surface area contributed by atoms with Gasteiger partial charge in [0.2, 0.25) is 0 Å². The van der Waals surface area contributed by atoms with Crippen LogP contribution in [0.4, 0.5) is 0 Å². The topological polar surface area (TPSA) is 52.0 Å². The Morgan fingerprint density at radius 3 is 2.77 bits per heavy atom. The first-order valence-electron chi connectivity index (χ1n) is 4.36. The summed E-state index contributed by atoms with van der Waals surface area (Å²) in [7, 11) is 0. The summed E-state index contributed by atoms with van der Waals surface area (Å²) in [5.41, 5.74) is 12.7. The maximum Gasteiger partial charge on any atom is 0.0731 e. The fraction of sp³-hybridized carbons (Fsp3) is 0.556. The number of nitrogens with two attached hydrogens (primary N) is 2. The first kappa shape index (κ1) is 11.2. The van der Waals surface area contributed by atoms with Crippen LogP contribution >= 0.6 is 27.3 Å². The highest BCUT2D eigenvalue weighted by atomic mass is 79.9. The van der Waals surface area contributed by atoms with E-state index < -0.39 is 0 Å². The van der Waals surface area contributed by atoms with E-state index in [1.54, 1.807) is 11.3 Å². The van der Waals surface area contributed by atoms with Crippen molar-refractivity contribution >= 4 is 27.3 Å². The Morgan fingerprint density at radius 1 is 1.62 bits per heavy atom. The summed E-state index contributed by atoms with van der Waals surface area (Å²) in [5.74, 6) is 0. The van der Waals surface area contributed by atoms with Crippen LogP contribution in [0, 0.1) is 6.92 Å². The van der Waals surface area contributed by atoms with Crippen LogP contribution in [0.25, 0.3) is 0 Å².